The van der Waals surface area contributed by atoms with E-state index < -0.39 is 0 Å². The highest BCUT2D eigenvalue weighted by molar-refractivity contribution is 5.87. The van der Waals surface area contributed by atoms with Gasteiger partial charge >= 0.3 is 0 Å². The number of rotatable bonds is 7. The summed E-state index contributed by atoms with van der Waals surface area (Å²) in [7, 11) is 0. The quantitative estimate of drug-likeness (QED) is 0.723. The second-order valence-electron chi connectivity index (χ2n) is 7.44. The number of fused-ring (bicyclic) bond motifs is 1. The Balaban J connectivity index is 1.50. The third kappa shape index (κ3) is 5.32. The molecule has 0 radical (unpaired) electrons. The van der Waals surface area contributed by atoms with E-state index in [1.807, 2.05) is 31.2 Å². The van der Waals surface area contributed by atoms with Crippen LogP contribution < -0.4 is 10.6 Å². The number of carbonyl (C=O) groups excluding carboxylic acids is 2. The van der Waals surface area contributed by atoms with Gasteiger partial charge < -0.3 is 10.6 Å². The first-order valence-electron chi connectivity index (χ1n) is 9.94. The molecule has 2 N–H and O–H groups in total. The van der Waals surface area contributed by atoms with E-state index in [1.54, 1.807) is 0 Å². The summed E-state index contributed by atoms with van der Waals surface area (Å²) < 4.78 is 0. The average Bonchev–Trinajstić information content (AvgIpc) is 2.72. The molecule has 1 aliphatic carbocycles. The Morgan fingerprint density at radius 3 is 2.43 bits per heavy atom. The van der Waals surface area contributed by atoms with Gasteiger partial charge in [0.05, 0.1) is 12.5 Å². The minimum Gasteiger partial charge on any atom is -0.352 e. The predicted octanol–water partition coefficient (Wildman–Crippen LogP) is 3.79. The first-order valence-corrected chi connectivity index (χ1v) is 9.94. The Kier molecular flexibility index (Phi) is 6.64. The molecule has 0 fully saturated rings. The summed E-state index contributed by atoms with van der Waals surface area (Å²) in [6.07, 6.45) is 6.48. The number of carbonyl (C=O) groups is 2. The number of hydrogen-bond acceptors (Lipinski definition) is 2. The van der Waals surface area contributed by atoms with Gasteiger partial charge in [0.1, 0.15) is 0 Å². The van der Waals surface area contributed by atoms with E-state index >= 15 is 0 Å². The summed E-state index contributed by atoms with van der Waals surface area (Å²) >= 11 is 0. The molecule has 2 aromatic rings. The van der Waals surface area contributed by atoms with Gasteiger partial charge in [-0.15, -0.1) is 0 Å². The molecule has 0 spiro atoms. The van der Waals surface area contributed by atoms with Gasteiger partial charge in [0.2, 0.25) is 11.8 Å². The Morgan fingerprint density at radius 2 is 1.71 bits per heavy atom. The van der Waals surface area contributed by atoms with Crippen LogP contribution in [0.1, 0.15) is 53.6 Å². The van der Waals surface area contributed by atoms with Crippen LogP contribution in [0.5, 0.6) is 0 Å². The van der Waals surface area contributed by atoms with Gasteiger partial charge in [-0.25, -0.2) is 0 Å². The summed E-state index contributed by atoms with van der Waals surface area (Å²) in [4.78, 5) is 23.7. The Bertz CT molecular complexity index is 855. The average molecular weight is 377 g/mol. The van der Waals surface area contributed by atoms with Crippen molar-refractivity contribution in [2.75, 3.05) is 0 Å². The third-order valence-electron chi connectivity index (χ3n) is 5.29. The SMILES string of the molecule is C=CC(=O)NC(C)c1ccc(CNC(=O)Cc2ccc3c(c2)CCCC3)cc1. The van der Waals surface area contributed by atoms with Crippen LogP contribution in [0, 0.1) is 0 Å². The van der Waals surface area contributed by atoms with E-state index in [0.29, 0.717) is 13.0 Å². The summed E-state index contributed by atoms with van der Waals surface area (Å²) in [6, 6.07) is 14.3. The molecule has 0 heterocycles. The minimum absolute atomic E-state index is 0.0338. The van der Waals surface area contributed by atoms with Crippen molar-refractivity contribution in [2.45, 2.75) is 51.6 Å². The molecule has 0 bridgehead atoms. The van der Waals surface area contributed by atoms with Gasteiger partial charge in [-0.2, -0.15) is 0 Å². The molecule has 4 heteroatoms. The fourth-order valence-electron chi connectivity index (χ4n) is 3.63. The van der Waals surface area contributed by atoms with E-state index in [4.69, 9.17) is 0 Å². The molecule has 4 nitrogen and oxygen atoms in total. The maximum atomic E-state index is 12.3. The lowest BCUT2D eigenvalue weighted by Crippen LogP contribution is -2.25. The van der Waals surface area contributed by atoms with Gasteiger partial charge in [0.25, 0.3) is 0 Å². The van der Waals surface area contributed by atoms with E-state index in [2.05, 4.69) is 35.4 Å². The second-order valence-corrected chi connectivity index (χ2v) is 7.44. The van der Waals surface area contributed by atoms with Crippen molar-refractivity contribution in [3.05, 3.63) is 82.9 Å². The smallest absolute Gasteiger partial charge is 0.243 e. The lowest BCUT2D eigenvalue weighted by Gasteiger charge is -2.16. The molecular weight excluding hydrogens is 348 g/mol. The lowest BCUT2D eigenvalue weighted by atomic mass is 9.90. The van der Waals surface area contributed by atoms with Crippen LogP contribution in [0.3, 0.4) is 0 Å². The van der Waals surface area contributed by atoms with Crippen LogP contribution >= 0.6 is 0 Å². The van der Waals surface area contributed by atoms with Gasteiger partial charge in [-0.3, -0.25) is 9.59 Å². The maximum Gasteiger partial charge on any atom is 0.243 e. The molecule has 0 aromatic heterocycles. The van der Waals surface area contributed by atoms with E-state index in [0.717, 1.165) is 29.5 Å². The molecule has 28 heavy (non-hydrogen) atoms. The van der Waals surface area contributed by atoms with Gasteiger partial charge in [-0.1, -0.05) is 49.0 Å². The van der Waals surface area contributed by atoms with Crippen molar-refractivity contribution in [2.24, 2.45) is 0 Å². The lowest BCUT2D eigenvalue weighted by molar-refractivity contribution is -0.120. The molecule has 2 amide bonds. The number of nitrogens with one attached hydrogen (secondary N) is 2. The number of benzene rings is 2. The van der Waals surface area contributed by atoms with E-state index in [9.17, 15) is 9.59 Å². The van der Waals surface area contributed by atoms with Crippen molar-refractivity contribution in [1.82, 2.24) is 10.6 Å². The van der Waals surface area contributed by atoms with Crippen LogP contribution in [-0.2, 0) is 35.4 Å². The van der Waals surface area contributed by atoms with Crippen LogP contribution in [0.15, 0.2) is 55.1 Å². The van der Waals surface area contributed by atoms with Crippen molar-refractivity contribution < 1.29 is 9.59 Å². The largest absolute Gasteiger partial charge is 0.352 e. The molecule has 0 saturated heterocycles. The molecule has 0 aliphatic heterocycles. The van der Waals surface area contributed by atoms with Gasteiger partial charge in [0.15, 0.2) is 0 Å². The fraction of sp³-hybridized carbons (Fsp3) is 0.333. The molecule has 3 rings (SSSR count). The normalized spacial score (nSPS) is 13.9. The van der Waals surface area contributed by atoms with Crippen LogP contribution in [0.25, 0.3) is 0 Å². The summed E-state index contributed by atoms with van der Waals surface area (Å²) in [5.74, 6) is -0.155. The van der Waals surface area contributed by atoms with Gasteiger partial charge in [-0.05, 0) is 66.5 Å². The highest BCUT2D eigenvalue weighted by Crippen LogP contribution is 2.22. The molecule has 1 aliphatic rings. The molecule has 1 atom stereocenters. The zero-order valence-corrected chi connectivity index (χ0v) is 16.5. The highest BCUT2D eigenvalue weighted by Gasteiger charge is 2.11. The minimum atomic E-state index is -0.189. The van der Waals surface area contributed by atoms with Crippen LogP contribution in [0.4, 0.5) is 0 Å². The number of hydrogen-bond donors (Lipinski definition) is 2. The zero-order valence-electron chi connectivity index (χ0n) is 16.5. The molecule has 1 unspecified atom stereocenters. The third-order valence-corrected chi connectivity index (χ3v) is 5.29. The molecule has 146 valence electrons. The summed E-state index contributed by atoms with van der Waals surface area (Å²) in [5, 5.41) is 5.83. The van der Waals surface area contributed by atoms with Crippen LogP contribution in [-0.4, -0.2) is 11.8 Å². The van der Waals surface area contributed by atoms with Crippen molar-refractivity contribution in [3.63, 3.8) is 0 Å². The van der Waals surface area contributed by atoms with Gasteiger partial charge in [0, 0.05) is 6.54 Å². The fourth-order valence-corrected chi connectivity index (χ4v) is 3.63. The van der Waals surface area contributed by atoms with Crippen LogP contribution in [0.2, 0.25) is 0 Å². The zero-order chi connectivity index (χ0) is 19.9. The summed E-state index contributed by atoms with van der Waals surface area (Å²) in [6.45, 7) is 5.89. The standard InChI is InChI=1S/C24H28N2O2/c1-3-23(27)26-17(2)20-11-8-18(9-12-20)16-25-24(28)15-19-10-13-21-6-4-5-7-22(21)14-19/h3,8-14,17H,1,4-7,15-16H2,2H3,(H,25,28)(H,26,27). The molecule has 0 saturated carbocycles. The molecular formula is C24H28N2O2. The van der Waals surface area contributed by atoms with Crippen molar-refractivity contribution in [3.8, 4) is 0 Å². The Morgan fingerprint density at radius 1 is 1.04 bits per heavy atom. The monoisotopic (exact) mass is 376 g/mol. The second kappa shape index (κ2) is 9.36. The van der Waals surface area contributed by atoms with E-state index in [1.165, 1.54) is 30.0 Å². The Hall–Kier alpha value is -2.88. The Labute approximate surface area is 167 Å². The van der Waals surface area contributed by atoms with E-state index in [-0.39, 0.29) is 17.9 Å². The van der Waals surface area contributed by atoms with Crippen molar-refractivity contribution >= 4 is 11.8 Å². The number of aryl methyl sites for hydroxylation is 2. The maximum absolute atomic E-state index is 12.3. The first kappa shape index (κ1) is 19.9. The first-order chi connectivity index (χ1) is 13.5. The summed E-state index contributed by atoms with van der Waals surface area (Å²) in [5.41, 5.74) is 5.98. The topological polar surface area (TPSA) is 58.2 Å². The molecule has 2 aromatic carbocycles. The number of amides is 2. The highest BCUT2D eigenvalue weighted by atomic mass is 16.2. The predicted molar refractivity (Wildman–Crippen MR) is 112 cm³/mol. The van der Waals surface area contributed by atoms with Crippen molar-refractivity contribution in [1.29, 1.82) is 0 Å².